The van der Waals surface area contributed by atoms with Gasteiger partial charge in [0, 0.05) is 37.5 Å². The molecule has 0 bridgehead atoms. The SMILES string of the molecule is CN1CCc2[nH]c(-c3ccnc(NC(=O)Cc4ccc(F)cc4)c3)c(Nc3cccc(F)c3F)c2C1=O.NC=O. The van der Waals surface area contributed by atoms with Gasteiger partial charge in [0.2, 0.25) is 12.3 Å². The number of fused-ring (bicyclic) bond motifs is 1. The van der Waals surface area contributed by atoms with Crippen molar-refractivity contribution >= 4 is 35.4 Å². The van der Waals surface area contributed by atoms with E-state index in [1.54, 1.807) is 24.1 Å². The molecule has 2 aromatic carbocycles. The second-order valence-electron chi connectivity index (χ2n) is 8.85. The Morgan fingerprint density at radius 2 is 1.88 bits per heavy atom. The van der Waals surface area contributed by atoms with E-state index in [2.05, 4.69) is 26.3 Å². The van der Waals surface area contributed by atoms with Gasteiger partial charge in [-0.1, -0.05) is 18.2 Å². The van der Waals surface area contributed by atoms with Crippen molar-refractivity contribution in [3.63, 3.8) is 0 Å². The number of aromatic nitrogens is 2. The molecular weight excluding hydrogens is 525 g/mol. The number of hydrogen-bond donors (Lipinski definition) is 4. The number of likely N-dealkylation sites (N-methyl/N-ethyl adjacent to an activating group) is 1. The summed E-state index contributed by atoms with van der Waals surface area (Å²) in [5.74, 6) is -2.83. The fraction of sp³-hybridized carbons (Fsp3) is 0.143. The van der Waals surface area contributed by atoms with E-state index in [-0.39, 0.29) is 42.0 Å². The van der Waals surface area contributed by atoms with Gasteiger partial charge in [-0.2, -0.15) is 0 Å². The number of amides is 3. The van der Waals surface area contributed by atoms with Crippen LogP contribution in [0.4, 0.5) is 30.4 Å². The molecule has 0 fully saturated rings. The smallest absolute Gasteiger partial charge is 0.257 e. The van der Waals surface area contributed by atoms with Crippen LogP contribution in [0.15, 0.2) is 60.8 Å². The number of nitrogens with two attached hydrogens (primary N) is 1. The highest BCUT2D eigenvalue weighted by atomic mass is 19.2. The summed E-state index contributed by atoms with van der Waals surface area (Å²) in [7, 11) is 1.67. The lowest BCUT2D eigenvalue weighted by atomic mass is 10.0. The molecule has 0 radical (unpaired) electrons. The Hall–Kier alpha value is -5.13. The van der Waals surface area contributed by atoms with E-state index in [0.717, 1.165) is 6.07 Å². The molecule has 9 nitrogen and oxygen atoms in total. The van der Waals surface area contributed by atoms with E-state index >= 15 is 0 Å². The molecule has 2 aromatic heterocycles. The van der Waals surface area contributed by atoms with Crippen molar-refractivity contribution in [3.05, 3.63) is 95.1 Å². The molecule has 0 spiro atoms. The molecule has 5 N–H and O–H groups in total. The average Bonchev–Trinajstić information content (AvgIpc) is 3.30. The van der Waals surface area contributed by atoms with Crippen LogP contribution in [0, 0.1) is 17.5 Å². The molecule has 40 heavy (non-hydrogen) atoms. The molecule has 3 heterocycles. The summed E-state index contributed by atoms with van der Waals surface area (Å²) in [5.41, 5.74) is 7.02. The molecule has 4 aromatic rings. The fourth-order valence-electron chi connectivity index (χ4n) is 4.25. The summed E-state index contributed by atoms with van der Waals surface area (Å²) >= 11 is 0. The first-order valence-electron chi connectivity index (χ1n) is 12.1. The van der Waals surface area contributed by atoms with Gasteiger partial charge in [-0.15, -0.1) is 0 Å². The number of nitrogens with one attached hydrogen (secondary N) is 3. The van der Waals surface area contributed by atoms with Gasteiger partial charge in [0.1, 0.15) is 11.6 Å². The minimum atomic E-state index is -1.07. The molecule has 0 saturated heterocycles. The third-order valence-electron chi connectivity index (χ3n) is 6.14. The normalized spacial score (nSPS) is 12.2. The van der Waals surface area contributed by atoms with Crippen molar-refractivity contribution in [3.8, 4) is 11.3 Å². The monoisotopic (exact) mass is 550 g/mol. The van der Waals surface area contributed by atoms with Crippen LogP contribution in [0.3, 0.4) is 0 Å². The predicted molar refractivity (Wildman–Crippen MR) is 143 cm³/mol. The van der Waals surface area contributed by atoms with E-state index < -0.39 is 11.6 Å². The quantitative estimate of drug-likeness (QED) is 0.268. The van der Waals surface area contributed by atoms with Gasteiger partial charge in [-0.3, -0.25) is 14.4 Å². The van der Waals surface area contributed by atoms with Crippen LogP contribution >= 0.6 is 0 Å². The standard InChI is InChI=1S/C27H22F3N5O2.CH3NO/c1-35-12-10-19-23(27(35)37)26(33-20-4-2-3-18(29)24(20)30)25(32-19)16-9-11-31-21(14-16)34-22(36)13-15-5-7-17(28)8-6-15;2-1-3/h2-9,11,14,32-33H,10,12-13H2,1H3,(H,31,34,36);1H,(H2,2,3). The molecular formula is C28H25F3N6O3. The van der Waals surface area contributed by atoms with E-state index in [9.17, 15) is 22.8 Å². The number of nitrogens with zero attached hydrogens (tertiary/aromatic N) is 2. The number of hydrogen-bond acceptors (Lipinski definition) is 5. The van der Waals surface area contributed by atoms with Gasteiger partial charge in [0.25, 0.3) is 5.91 Å². The zero-order valence-corrected chi connectivity index (χ0v) is 21.3. The number of pyridine rings is 1. The Morgan fingerprint density at radius 3 is 2.60 bits per heavy atom. The van der Waals surface area contributed by atoms with Crippen molar-refractivity contribution in [2.45, 2.75) is 12.8 Å². The number of halogens is 3. The summed E-state index contributed by atoms with van der Waals surface area (Å²) in [4.78, 5) is 43.2. The van der Waals surface area contributed by atoms with Crippen LogP contribution in [-0.4, -0.2) is 46.7 Å². The Balaban J connectivity index is 0.00000118. The Morgan fingerprint density at radius 1 is 1.15 bits per heavy atom. The van der Waals surface area contributed by atoms with Crippen LogP contribution in [0.2, 0.25) is 0 Å². The van der Waals surface area contributed by atoms with Crippen LogP contribution in [0.5, 0.6) is 0 Å². The van der Waals surface area contributed by atoms with Crippen molar-refractivity contribution < 1.29 is 27.6 Å². The molecule has 0 saturated carbocycles. The van der Waals surface area contributed by atoms with Gasteiger partial charge < -0.3 is 26.3 Å². The van der Waals surface area contributed by atoms with Crippen LogP contribution in [0.25, 0.3) is 11.3 Å². The minimum absolute atomic E-state index is 0.0233. The molecule has 1 aliphatic rings. The minimum Gasteiger partial charge on any atom is -0.372 e. The molecule has 0 unspecified atom stereocenters. The number of rotatable bonds is 6. The third-order valence-corrected chi connectivity index (χ3v) is 6.14. The third kappa shape index (κ3) is 6.12. The van der Waals surface area contributed by atoms with Crippen molar-refractivity contribution in [2.75, 3.05) is 24.2 Å². The molecule has 12 heteroatoms. The zero-order valence-electron chi connectivity index (χ0n) is 21.3. The molecule has 1 aliphatic heterocycles. The van der Waals surface area contributed by atoms with Crippen LogP contribution in [0.1, 0.15) is 21.6 Å². The highest BCUT2D eigenvalue weighted by Crippen LogP contribution is 2.38. The highest BCUT2D eigenvalue weighted by Gasteiger charge is 2.30. The number of benzene rings is 2. The second-order valence-corrected chi connectivity index (χ2v) is 8.85. The number of H-pyrrole nitrogens is 1. The van der Waals surface area contributed by atoms with Crippen molar-refractivity contribution in [1.82, 2.24) is 14.9 Å². The fourth-order valence-corrected chi connectivity index (χ4v) is 4.25. The van der Waals surface area contributed by atoms with E-state index in [1.807, 2.05) is 0 Å². The number of primary amides is 1. The maximum absolute atomic E-state index is 14.5. The van der Waals surface area contributed by atoms with Gasteiger partial charge in [0.15, 0.2) is 11.6 Å². The molecule has 5 rings (SSSR count). The van der Waals surface area contributed by atoms with Crippen molar-refractivity contribution in [2.24, 2.45) is 5.73 Å². The number of carbonyl (C=O) groups is 3. The van der Waals surface area contributed by atoms with Crippen LogP contribution in [-0.2, 0) is 22.4 Å². The number of anilines is 3. The van der Waals surface area contributed by atoms with E-state index in [1.165, 1.54) is 42.6 Å². The van der Waals surface area contributed by atoms with Gasteiger partial charge in [-0.25, -0.2) is 18.2 Å². The Kier molecular flexibility index (Phi) is 8.48. The van der Waals surface area contributed by atoms with Gasteiger partial charge in [-0.05, 0) is 42.0 Å². The predicted octanol–water partition coefficient (Wildman–Crippen LogP) is 4.15. The summed E-state index contributed by atoms with van der Waals surface area (Å²) in [6, 6.07) is 12.7. The second kappa shape index (κ2) is 12.2. The first kappa shape index (κ1) is 27.9. The van der Waals surface area contributed by atoms with Crippen LogP contribution < -0.4 is 16.4 Å². The number of aromatic amines is 1. The Bertz CT molecular complexity index is 1560. The molecule has 206 valence electrons. The largest absolute Gasteiger partial charge is 0.372 e. The molecule has 0 aliphatic carbocycles. The topological polar surface area (TPSA) is 133 Å². The summed E-state index contributed by atoms with van der Waals surface area (Å²) in [6.45, 7) is 0.501. The maximum atomic E-state index is 14.5. The lowest BCUT2D eigenvalue weighted by Gasteiger charge is -2.23. The zero-order chi connectivity index (χ0) is 28.8. The van der Waals surface area contributed by atoms with E-state index in [4.69, 9.17) is 4.79 Å². The summed E-state index contributed by atoms with van der Waals surface area (Å²) < 4.78 is 41.6. The van der Waals surface area contributed by atoms with Gasteiger partial charge in [0.05, 0.1) is 29.1 Å². The van der Waals surface area contributed by atoms with Crippen molar-refractivity contribution in [1.29, 1.82) is 0 Å². The lowest BCUT2D eigenvalue weighted by Crippen LogP contribution is -2.34. The van der Waals surface area contributed by atoms with E-state index in [0.29, 0.717) is 46.7 Å². The maximum Gasteiger partial charge on any atom is 0.257 e. The highest BCUT2D eigenvalue weighted by molar-refractivity contribution is 6.06. The average molecular weight is 551 g/mol. The van der Waals surface area contributed by atoms with Gasteiger partial charge >= 0.3 is 0 Å². The Labute approximate surface area is 227 Å². The first-order chi connectivity index (χ1) is 19.2. The first-order valence-corrected chi connectivity index (χ1v) is 12.1. The molecule has 3 amide bonds. The number of carbonyl (C=O) groups excluding carboxylic acids is 3. The molecule has 0 atom stereocenters. The summed E-state index contributed by atoms with van der Waals surface area (Å²) in [5, 5.41) is 5.62. The summed E-state index contributed by atoms with van der Waals surface area (Å²) in [6.07, 6.45) is 2.31. The lowest BCUT2D eigenvalue weighted by molar-refractivity contribution is -0.115.